The molecule has 0 saturated carbocycles. The van der Waals surface area contributed by atoms with Gasteiger partial charge in [-0.2, -0.15) is 15.0 Å². The molecule has 1 amide bonds. The van der Waals surface area contributed by atoms with Crippen molar-refractivity contribution < 1.29 is 9.53 Å². The first-order valence-corrected chi connectivity index (χ1v) is 6.62. The van der Waals surface area contributed by atoms with Crippen LogP contribution in [-0.4, -0.2) is 55.2 Å². The third kappa shape index (κ3) is 3.06. The van der Waals surface area contributed by atoms with Crippen LogP contribution < -0.4 is 20.3 Å². The average Bonchev–Trinajstić information content (AvgIpc) is 2.53. The summed E-state index contributed by atoms with van der Waals surface area (Å²) < 4.78 is 5.08. The number of piperidine rings is 1. The fourth-order valence-corrected chi connectivity index (χ4v) is 2.27. The molecule has 0 radical (unpaired) electrons. The van der Waals surface area contributed by atoms with Crippen LogP contribution in [0.25, 0.3) is 0 Å². The van der Waals surface area contributed by atoms with Gasteiger partial charge in [0.05, 0.1) is 13.0 Å². The molecule has 8 heteroatoms. The van der Waals surface area contributed by atoms with Crippen molar-refractivity contribution >= 4 is 17.8 Å². The largest absolute Gasteiger partial charge is 0.467 e. The molecule has 20 heavy (non-hydrogen) atoms. The van der Waals surface area contributed by atoms with Crippen molar-refractivity contribution in [2.45, 2.75) is 12.8 Å². The maximum Gasteiger partial charge on any atom is 0.322 e. The quantitative estimate of drug-likeness (QED) is 0.794. The molecule has 1 aromatic rings. The van der Waals surface area contributed by atoms with Crippen LogP contribution in [0.4, 0.5) is 11.9 Å². The highest BCUT2D eigenvalue weighted by molar-refractivity contribution is 5.79. The summed E-state index contributed by atoms with van der Waals surface area (Å²) in [5, 5.41) is 5.57. The molecule has 1 aromatic heterocycles. The Bertz CT molecular complexity index is 459. The van der Waals surface area contributed by atoms with E-state index in [0.717, 1.165) is 19.4 Å². The Morgan fingerprint density at radius 1 is 1.35 bits per heavy atom. The SMILES string of the molecule is CNC(=O)C1CCCN(c2nc(NC)nc(OC)n2)C1. The van der Waals surface area contributed by atoms with Gasteiger partial charge in [0.25, 0.3) is 0 Å². The standard InChI is InChI=1S/C12H20N6O2/c1-13-9(19)8-5-4-6-18(7-8)11-15-10(14-2)16-12(17-11)20-3/h8H,4-7H2,1-3H3,(H,13,19)(H,14,15,16,17). The molecule has 1 aliphatic rings. The van der Waals surface area contributed by atoms with Crippen molar-refractivity contribution in [2.75, 3.05) is 44.5 Å². The first-order chi connectivity index (χ1) is 9.67. The molecule has 0 spiro atoms. The fraction of sp³-hybridized carbons (Fsp3) is 0.667. The van der Waals surface area contributed by atoms with Gasteiger partial charge >= 0.3 is 6.01 Å². The molecule has 8 nitrogen and oxygen atoms in total. The number of carbonyl (C=O) groups is 1. The number of hydrogen-bond acceptors (Lipinski definition) is 7. The zero-order valence-electron chi connectivity index (χ0n) is 12.0. The first kappa shape index (κ1) is 14.3. The molecule has 1 saturated heterocycles. The van der Waals surface area contributed by atoms with Crippen LogP contribution in [0.15, 0.2) is 0 Å². The Morgan fingerprint density at radius 2 is 2.15 bits per heavy atom. The first-order valence-electron chi connectivity index (χ1n) is 6.62. The van der Waals surface area contributed by atoms with Gasteiger partial charge < -0.3 is 20.3 Å². The summed E-state index contributed by atoms with van der Waals surface area (Å²) in [6.45, 7) is 1.43. The number of rotatable bonds is 4. The maximum atomic E-state index is 11.8. The number of hydrogen-bond donors (Lipinski definition) is 2. The van der Waals surface area contributed by atoms with Crippen LogP contribution in [0.5, 0.6) is 6.01 Å². The minimum absolute atomic E-state index is 0.0328. The molecule has 1 unspecified atom stereocenters. The van der Waals surface area contributed by atoms with E-state index < -0.39 is 0 Å². The van der Waals surface area contributed by atoms with E-state index in [-0.39, 0.29) is 17.8 Å². The molecule has 0 aromatic carbocycles. The number of nitrogens with zero attached hydrogens (tertiary/aromatic N) is 4. The number of methoxy groups -OCH3 is 1. The Kier molecular flexibility index (Phi) is 4.54. The second kappa shape index (κ2) is 6.36. The fourth-order valence-electron chi connectivity index (χ4n) is 2.27. The van der Waals surface area contributed by atoms with Gasteiger partial charge in [-0.15, -0.1) is 0 Å². The zero-order chi connectivity index (χ0) is 14.5. The van der Waals surface area contributed by atoms with Gasteiger partial charge in [0.2, 0.25) is 17.8 Å². The number of anilines is 2. The van der Waals surface area contributed by atoms with Gasteiger partial charge in [0, 0.05) is 27.2 Å². The van der Waals surface area contributed by atoms with Gasteiger partial charge in [-0.3, -0.25) is 4.79 Å². The van der Waals surface area contributed by atoms with Crippen molar-refractivity contribution in [1.82, 2.24) is 20.3 Å². The molecule has 0 aliphatic carbocycles. The van der Waals surface area contributed by atoms with E-state index >= 15 is 0 Å². The number of nitrogens with one attached hydrogen (secondary N) is 2. The average molecular weight is 280 g/mol. The van der Waals surface area contributed by atoms with E-state index in [1.165, 1.54) is 7.11 Å². The Balaban J connectivity index is 2.19. The third-order valence-electron chi connectivity index (χ3n) is 3.33. The topological polar surface area (TPSA) is 92.3 Å². The highest BCUT2D eigenvalue weighted by atomic mass is 16.5. The minimum Gasteiger partial charge on any atom is -0.467 e. The Labute approximate surface area is 118 Å². The molecule has 1 fully saturated rings. The van der Waals surface area contributed by atoms with Gasteiger partial charge in [0.15, 0.2) is 0 Å². The zero-order valence-corrected chi connectivity index (χ0v) is 12.0. The lowest BCUT2D eigenvalue weighted by atomic mass is 9.97. The third-order valence-corrected chi connectivity index (χ3v) is 3.33. The molecular formula is C12H20N6O2. The second-order valence-corrected chi connectivity index (χ2v) is 4.60. The normalized spacial score (nSPS) is 18.6. The van der Waals surface area contributed by atoms with Gasteiger partial charge in [-0.25, -0.2) is 0 Å². The van der Waals surface area contributed by atoms with Crippen LogP contribution in [0, 0.1) is 5.92 Å². The predicted molar refractivity (Wildman–Crippen MR) is 74.9 cm³/mol. The molecule has 110 valence electrons. The van der Waals surface area contributed by atoms with Gasteiger partial charge in [-0.05, 0) is 12.8 Å². The Hall–Kier alpha value is -2.12. The minimum atomic E-state index is -0.0328. The van der Waals surface area contributed by atoms with E-state index in [2.05, 4.69) is 25.6 Å². The van der Waals surface area contributed by atoms with Crippen molar-refractivity contribution in [1.29, 1.82) is 0 Å². The summed E-state index contributed by atoms with van der Waals surface area (Å²) in [4.78, 5) is 26.4. The summed E-state index contributed by atoms with van der Waals surface area (Å²) in [6.07, 6.45) is 1.82. The highest BCUT2D eigenvalue weighted by Crippen LogP contribution is 2.22. The lowest BCUT2D eigenvalue weighted by molar-refractivity contribution is -0.124. The van der Waals surface area contributed by atoms with Crippen LogP contribution in [-0.2, 0) is 4.79 Å². The second-order valence-electron chi connectivity index (χ2n) is 4.60. The van der Waals surface area contributed by atoms with Gasteiger partial charge in [0.1, 0.15) is 0 Å². The summed E-state index contributed by atoms with van der Waals surface area (Å²) in [5.41, 5.74) is 0. The highest BCUT2D eigenvalue weighted by Gasteiger charge is 2.27. The van der Waals surface area contributed by atoms with Crippen molar-refractivity contribution in [3.05, 3.63) is 0 Å². The Morgan fingerprint density at radius 3 is 2.80 bits per heavy atom. The van der Waals surface area contributed by atoms with Gasteiger partial charge in [-0.1, -0.05) is 0 Å². The summed E-state index contributed by atoms with van der Waals surface area (Å²) in [6, 6.07) is 0.265. The summed E-state index contributed by atoms with van der Waals surface area (Å²) >= 11 is 0. The van der Waals surface area contributed by atoms with E-state index in [4.69, 9.17) is 4.74 Å². The van der Waals surface area contributed by atoms with E-state index in [9.17, 15) is 4.79 Å². The van der Waals surface area contributed by atoms with Crippen LogP contribution in [0.3, 0.4) is 0 Å². The van der Waals surface area contributed by atoms with E-state index in [1.54, 1.807) is 14.1 Å². The molecule has 0 bridgehead atoms. The summed E-state index contributed by atoms with van der Waals surface area (Å²) in [7, 11) is 4.91. The molecule has 2 N–H and O–H groups in total. The van der Waals surface area contributed by atoms with E-state index in [1.807, 2.05) is 4.90 Å². The van der Waals surface area contributed by atoms with Crippen molar-refractivity contribution in [3.63, 3.8) is 0 Å². The predicted octanol–water partition coefficient (Wildman–Crippen LogP) is -0.116. The van der Waals surface area contributed by atoms with Crippen LogP contribution in [0.1, 0.15) is 12.8 Å². The monoisotopic (exact) mass is 280 g/mol. The number of aromatic nitrogens is 3. The van der Waals surface area contributed by atoms with Crippen molar-refractivity contribution in [3.8, 4) is 6.01 Å². The lowest BCUT2D eigenvalue weighted by Gasteiger charge is -2.31. The smallest absolute Gasteiger partial charge is 0.322 e. The van der Waals surface area contributed by atoms with E-state index in [0.29, 0.717) is 18.4 Å². The van der Waals surface area contributed by atoms with Crippen molar-refractivity contribution in [2.24, 2.45) is 5.92 Å². The summed E-state index contributed by atoms with van der Waals surface area (Å²) in [5.74, 6) is 1.02. The molecule has 2 heterocycles. The van der Waals surface area contributed by atoms with Crippen LogP contribution in [0.2, 0.25) is 0 Å². The maximum absolute atomic E-state index is 11.8. The molecule has 2 rings (SSSR count). The van der Waals surface area contributed by atoms with Crippen LogP contribution >= 0.6 is 0 Å². The number of carbonyl (C=O) groups excluding carboxylic acids is 1. The number of ether oxygens (including phenoxy) is 1. The molecular weight excluding hydrogens is 260 g/mol. The molecule has 1 aliphatic heterocycles. The number of amides is 1. The molecule has 1 atom stereocenters. The lowest BCUT2D eigenvalue weighted by Crippen LogP contribution is -2.43.